The molecule has 0 aliphatic carbocycles. The van der Waals surface area contributed by atoms with Gasteiger partial charge in [-0.3, -0.25) is 4.99 Å². The molecule has 0 bridgehead atoms. The molecule has 2 N–H and O–H groups in total. The first-order valence-electron chi connectivity index (χ1n) is 5.68. The molecule has 4 nitrogen and oxygen atoms in total. The van der Waals surface area contributed by atoms with Gasteiger partial charge in [0.05, 0.1) is 5.75 Å². The molecule has 0 heterocycles. The van der Waals surface area contributed by atoms with Crippen LogP contribution >= 0.6 is 0 Å². The van der Waals surface area contributed by atoms with Crippen LogP contribution in [0.15, 0.2) is 41.5 Å². The van der Waals surface area contributed by atoms with Crippen molar-refractivity contribution in [3.05, 3.63) is 42.1 Å². The molecule has 1 aromatic rings. The highest BCUT2D eigenvalue weighted by molar-refractivity contribution is 7.90. The van der Waals surface area contributed by atoms with Crippen LogP contribution in [0, 0.1) is 0 Å². The average Bonchev–Trinajstić information content (AvgIpc) is 2.33. The fourth-order valence-corrected chi connectivity index (χ4v) is 2.08. The van der Waals surface area contributed by atoms with E-state index in [4.69, 9.17) is 5.73 Å². The lowest BCUT2D eigenvalue weighted by Crippen LogP contribution is -2.04. The van der Waals surface area contributed by atoms with E-state index >= 15 is 0 Å². The van der Waals surface area contributed by atoms with Gasteiger partial charge >= 0.3 is 0 Å². The van der Waals surface area contributed by atoms with Crippen molar-refractivity contribution in [1.29, 1.82) is 0 Å². The summed E-state index contributed by atoms with van der Waals surface area (Å²) < 4.78 is 21.8. The monoisotopic (exact) mass is 266 g/mol. The van der Waals surface area contributed by atoms with E-state index in [-0.39, 0.29) is 5.75 Å². The number of aliphatic imine (C=N–C) groups is 1. The van der Waals surface area contributed by atoms with Gasteiger partial charge in [0.2, 0.25) is 0 Å². The van der Waals surface area contributed by atoms with Gasteiger partial charge in [-0.05, 0) is 12.0 Å². The lowest BCUT2D eigenvalue weighted by molar-refractivity contribution is 0.599. The molecule has 0 spiro atoms. The van der Waals surface area contributed by atoms with Crippen molar-refractivity contribution in [2.75, 3.05) is 18.6 Å². The summed E-state index contributed by atoms with van der Waals surface area (Å²) in [4.78, 5) is 4.18. The Labute approximate surface area is 108 Å². The smallest absolute Gasteiger partial charge is 0.147 e. The molecule has 0 radical (unpaired) electrons. The van der Waals surface area contributed by atoms with Gasteiger partial charge in [-0.25, -0.2) is 8.42 Å². The van der Waals surface area contributed by atoms with Crippen LogP contribution in [0.3, 0.4) is 0 Å². The van der Waals surface area contributed by atoms with E-state index in [9.17, 15) is 8.42 Å². The van der Waals surface area contributed by atoms with E-state index in [1.165, 1.54) is 12.5 Å². The second-order valence-electron chi connectivity index (χ2n) is 4.01. The minimum atomic E-state index is -2.90. The molecule has 98 valence electrons. The summed E-state index contributed by atoms with van der Waals surface area (Å²) >= 11 is 0. The van der Waals surface area contributed by atoms with Crippen LogP contribution < -0.4 is 5.73 Å². The van der Waals surface area contributed by atoms with E-state index in [0.29, 0.717) is 13.0 Å². The van der Waals surface area contributed by atoms with Crippen molar-refractivity contribution >= 4 is 21.6 Å². The molecule has 0 amide bonds. The third-order valence-corrected chi connectivity index (χ3v) is 3.35. The maximum absolute atomic E-state index is 10.9. The molecule has 0 aliphatic heterocycles. The number of allylic oxidation sites excluding steroid dienone is 1. The highest BCUT2D eigenvalue weighted by Crippen LogP contribution is 2.10. The maximum atomic E-state index is 10.9. The lowest BCUT2D eigenvalue weighted by atomic mass is 10.1. The van der Waals surface area contributed by atoms with Gasteiger partial charge < -0.3 is 5.73 Å². The van der Waals surface area contributed by atoms with Crippen LogP contribution in [0.2, 0.25) is 0 Å². The first-order valence-corrected chi connectivity index (χ1v) is 7.74. The highest BCUT2D eigenvalue weighted by Gasteiger charge is 2.00. The molecule has 0 saturated carbocycles. The molecule has 0 unspecified atom stereocenters. The SMILES string of the molecule is CS(=O)(=O)CCCN=CC(=CN)c1ccccc1. The first kappa shape index (κ1) is 14.4. The van der Waals surface area contributed by atoms with E-state index in [1.54, 1.807) is 6.21 Å². The molecule has 0 aliphatic rings. The first-order chi connectivity index (χ1) is 8.53. The van der Waals surface area contributed by atoms with Crippen LogP contribution in [0.25, 0.3) is 5.57 Å². The summed E-state index contributed by atoms with van der Waals surface area (Å²) in [6.45, 7) is 0.483. The normalized spacial score (nSPS) is 13.1. The Balaban J connectivity index is 2.51. The van der Waals surface area contributed by atoms with E-state index in [2.05, 4.69) is 4.99 Å². The molecule has 0 atom stereocenters. The fraction of sp³-hybridized carbons (Fsp3) is 0.308. The number of benzene rings is 1. The Kier molecular flexibility index (Phi) is 5.58. The van der Waals surface area contributed by atoms with Crippen molar-refractivity contribution in [3.8, 4) is 0 Å². The number of nitrogens with zero attached hydrogens (tertiary/aromatic N) is 1. The molecular weight excluding hydrogens is 248 g/mol. The Morgan fingerprint density at radius 3 is 2.56 bits per heavy atom. The summed E-state index contributed by atoms with van der Waals surface area (Å²) in [7, 11) is -2.90. The van der Waals surface area contributed by atoms with Gasteiger partial charge in [0, 0.05) is 30.8 Å². The lowest BCUT2D eigenvalue weighted by Gasteiger charge is -2.00. The molecule has 18 heavy (non-hydrogen) atoms. The zero-order chi connectivity index (χ0) is 13.4. The predicted molar refractivity (Wildman–Crippen MR) is 76.3 cm³/mol. The second-order valence-corrected chi connectivity index (χ2v) is 6.27. The average molecular weight is 266 g/mol. The van der Waals surface area contributed by atoms with Gasteiger partial charge in [-0.2, -0.15) is 0 Å². The summed E-state index contributed by atoms with van der Waals surface area (Å²) in [5.74, 6) is 0.164. The minimum Gasteiger partial charge on any atom is -0.404 e. The summed E-state index contributed by atoms with van der Waals surface area (Å²) in [5.41, 5.74) is 7.36. The minimum absolute atomic E-state index is 0.164. The zero-order valence-electron chi connectivity index (χ0n) is 10.4. The van der Waals surface area contributed by atoms with Crippen molar-refractivity contribution in [3.63, 3.8) is 0 Å². The van der Waals surface area contributed by atoms with E-state index in [1.807, 2.05) is 30.3 Å². The number of hydrogen-bond acceptors (Lipinski definition) is 4. The molecule has 0 saturated heterocycles. The Morgan fingerprint density at radius 1 is 1.33 bits per heavy atom. The van der Waals surface area contributed by atoms with Crippen molar-refractivity contribution in [1.82, 2.24) is 0 Å². The quantitative estimate of drug-likeness (QED) is 0.626. The topological polar surface area (TPSA) is 72.5 Å². The third-order valence-electron chi connectivity index (χ3n) is 2.32. The summed E-state index contributed by atoms with van der Waals surface area (Å²) in [6.07, 6.45) is 4.93. The van der Waals surface area contributed by atoms with Crippen LogP contribution in [0.5, 0.6) is 0 Å². The van der Waals surface area contributed by atoms with Gasteiger partial charge in [-0.15, -0.1) is 0 Å². The number of rotatable bonds is 6. The number of nitrogens with two attached hydrogens (primary N) is 1. The van der Waals surface area contributed by atoms with Gasteiger partial charge in [0.1, 0.15) is 9.84 Å². The van der Waals surface area contributed by atoms with Gasteiger partial charge in [0.15, 0.2) is 0 Å². The number of sulfone groups is 1. The van der Waals surface area contributed by atoms with Gasteiger partial charge in [0.25, 0.3) is 0 Å². The van der Waals surface area contributed by atoms with E-state index in [0.717, 1.165) is 11.1 Å². The Bertz CT molecular complexity index is 519. The third kappa shape index (κ3) is 5.63. The van der Waals surface area contributed by atoms with Crippen LogP contribution in [0.4, 0.5) is 0 Å². The van der Waals surface area contributed by atoms with E-state index < -0.39 is 9.84 Å². The highest BCUT2D eigenvalue weighted by atomic mass is 32.2. The summed E-state index contributed by atoms with van der Waals surface area (Å²) in [5, 5.41) is 0. The zero-order valence-corrected chi connectivity index (χ0v) is 11.2. The number of hydrogen-bond donors (Lipinski definition) is 1. The van der Waals surface area contributed by atoms with Crippen LogP contribution in [0.1, 0.15) is 12.0 Å². The summed E-state index contributed by atoms with van der Waals surface area (Å²) in [6, 6.07) is 9.68. The molecule has 1 aromatic carbocycles. The molecule has 1 rings (SSSR count). The van der Waals surface area contributed by atoms with Crippen LogP contribution in [-0.2, 0) is 9.84 Å². The molecule has 5 heteroatoms. The largest absolute Gasteiger partial charge is 0.404 e. The van der Waals surface area contributed by atoms with Crippen molar-refractivity contribution in [2.24, 2.45) is 10.7 Å². The van der Waals surface area contributed by atoms with Crippen LogP contribution in [-0.4, -0.2) is 33.2 Å². The predicted octanol–water partition coefficient (Wildman–Crippen LogP) is 1.49. The molecule has 0 fully saturated rings. The maximum Gasteiger partial charge on any atom is 0.147 e. The van der Waals surface area contributed by atoms with Crippen molar-refractivity contribution in [2.45, 2.75) is 6.42 Å². The van der Waals surface area contributed by atoms with Gasteiger partial charge in [-0.1, -0.05) is 30.3 Å². The Morgan fingerprint density at radius 2 is 2.00 bits per heavy atom. The molecule has 0 aromatic heterocycles. The standard InChI is InChI=1S/C13H18N2O2S/c1-18(16,17)9-5-8-15-11-13(10-14)12-6-3-2-4-7-12/h2-4,6-7,10-11H,5,8-9,14H2,1H3. The fourth-order valence-electron chi connectivity index (χ4n) is 1.43. The van der Waals surface area contributed by atoms with Crippen molar-refractivity contribution < 1.29 is 8.42 Å². The molecular formula is C13H18N2O2S. The Hall–Kier alpha value is -1.62. The second kappa shape index (κ2) is 6.96.